The van der Waals surface area contributed by atoms with Crippen molar-refractivity contribution in [1.29, 1.82) is 0 Å². The van der Waals surface area contributed by atoms with Gasteiger partial charge in [0, 0.05) is 16.8 Å². The SMILES string of the molecule is CCC(N)c1c2ccccc2nc2ccccc12. The Morgan fingerprint density at radius 2 is 1.44 bits per heavy atom. The lowest BCUT2D eigenvalue weighted by molar-refractivity contribution is 0.709. The molecule has 2 aromatic carbocycles. The Bertz CT molecular complexity index is 650. The largest absolute Gasteiger partial charge is 0.324 e. The highest BCUT2D eigenvalue weighted by atomic mass is 14.7. The van der Waals surface area contributed by atoms with Crippen LogP contribution in [0.15, 0.2) is 48.5 Å². The van der Waals surface area contributed by atoms with Gasteiger partial charge in [0.2, 0.25) is 0 Å². The zero-order valence-electron chi connectivity index (χ0n) is 10.4. The van der Waals surface area contributed by atoms with Gasteiger partial charge in [-0.3, -0.25) is 0 Å². The Hall–Kier alpha value is -1.93. The molecule has 0 amide bonds. The van der Waals surface area contributed by atoms with Crippen LogP contribution in [-0.2, 0) is 0 Å². The van der Waals surface area contributed by atoms with Crippen LogP contribution in [0.4, 0.5) is 0 Å². The second kappa shape index (κ2) is 4.39. The van der Waals surface area contributed by atoms with E-state index in [0.717, 1.165) is 17.5 Å². The van der Waals surface area contributed by atoms with Crippen molar-refractivity contribution < 1.29 is 0 Å². The molecule has 2 nitrogen and oxygen atoms in total. The Balaban J connectivity index is 2.49. The fraction of sp³-hybridized carbons (Fsp3) is 0.188. The molecule has 0 radical (unpaired) electrons. The van der Waals surface area contributed by atoms with E-state index in [4.69, 9.17) is 10.7 Å². The van der Waals surface area contributed by atoms with Gasteiger partial charge in [0.15, 0.2) is 0 Å². The second-order valence-electron chi connectivity index (χ2n) is 4.57. The number of hydrogen-bond donors (Lipinski definition) is 1. The third-order valence-electron chi connectivity index (χ3n) is 3.44. The Kier molecular flexibility index (Phi) is 2.73. The first-order chi connectivity index (χ1) is 8.81. The van der Waals surface area contributed by atoms with Crippen molar-refractivity contribution in [3.8, 4) is 0 Å². The molecule has 2 N–H and O–H groups in total. The maximum atomic E-state index is 6.30. The number of rotatable bonds is 2. The molecule has 1 atom stereocenters. The van der Waals surface area contributed by atoms with Crippen LogP contribution >= 0.6 is 0 Å². The number of fused-ring (bicyclic) bond motifs is 2. The quantitative estimate of drug-likeness (QED) is 0.687. The van der Waals surface area contributed by atoms with Gasteiger partial charge in [0.25, 0.3) is 0 Å². The van der Waals surface area contributed by atoms with Crippen LogP contribution < -0.4 is 5.73 Å². The highest BCUT2D eigenvalue weighted by Gasteiger charge is 2.13. The molecule has 2 heteroatoms. The van der Waals surface area contributed by atoms with Crippen molar-refractivity contribution >= 4 is 21.8 Å². The number of nitrogens with zero attached hydrogens (tertiary/aromatic N) is 1. The zero-order valence-corrected chi connectivity index (χ0v) is 10.4. The van der Waals surface area contributed by atoms with E-state index in [2.05, 4.69) is 19.1 Å². The average molecular weight is 236 g/mol. The van der Waals surface area contributed by atoms with Gasteiger partial charge >= 0.3 is 0 Å². The van der Waals surface area contributed by atoms with Crippen LogP contribution in [-0.4, -0.2) is 4.98 Å². The zero-order chi connectivity index (χ0) is 12.5. The van der Waals surface area contributed by atoms with Crippen molar-refractivity contribution in [1.82, 2.24) is 4.98 Å². The minimum Gasteiger partial charge on any atom is -0.324 e. The fourth-order valence-corrected chi connectivity index (χ4v) is 2.48. The van der Waals surface area contributed by atoms with Gasteiger partial charge in [0.1, 0.15) is 0 Å². The number of pyridine rings is 1. The number of aromatic nitrogens is 1. The van der Waals surface area contributed by atoms with Crippen molar-refractivity contribution in [3.05, 3.63) is 54.1 Å². The molecule has 0 saturated carbocycles. The monoisotopic (exact) mass is 236 g/mol. The van der Waals surface area contributed by atoms with Gasteiger partial charge in [-0.05, 0) is 24.1 Å². The van der Waals surface area contributed by atoms with Crippen LogP contribution in [0.5, 0.6) is 0 Å². The predicted octanol–water partition coefficient (Wildman–Crippen LogP) is 3.80. The third-order valence-corrected chi connectivity index (χ3v) is 3.44. The molecular formula is C16H16N2. The van der Waals surface area contributed by atoms with E-state index in [-0.39, 0.29) is 6.04 Å². The summed E-state index contributed by atoms with van der Waals surface area (Å²) in [6.07, 6.45) is 0.929. The lowest BCUT2D eigenvalue weighted by Crippen LogP contribution is -2.10. The van der Waals surface area contributed by atoms with E-state index in [0.29, 0.717) is 0 Å². The molecule has 3 aromatic rings. The number of hydrogen-bond acceptors (Lipinski definition) is 2. The van der Waals surface area contributed by atoms with E-state index in [1.54, 1.807) is 0 Å². The van der Waals surface area contributed by atoms with Crippen molar-refractivity contribution in [2.24, 2.45) is 5.73 Å². The van der Waals surface area contributed by atoms with E-state index in [1.807, 2.05) is 36.4 Å². The van der Waals surface area contributed by atoms with Crippen LogP contribution in [0.1, 0.15) is 24.9 Å². The van der Waals surface area contributed by atoms with E-state index >= 15 is 0 Å². The van der Waals surface area contributed by atoms with Crippen molar-refractivity contribution in [2.75, 3.05) is 0 Å². The topological polar surface area (TPSA) is 38.9 Å². The summed E-state index contributed by atoms with van der Waals surface area (Å²) in [7, 11) is 0. The van der Waals surface area contributed by atoms with Crippen LogP contribution in [0, 0.1) is 0 Å². The number of benzene rings is 2. The minimum atomic E-state index is 0.0581. The number of nitrogens with two attached hydrogens (primary N) is 1. The normalized spacial score (nSPS) is 13.0. The molecule has 1 aromatic heterocycles. The van der Waals surface area contributed by atoms with E-state index in [9.17, 15) is 0 Å². The van der Waals surface area contributed by atoms with Gasteiger partial charge < -0.3 is 5.73 Å². The number of para-hydroxylation sites is 2. The summed E-state index contributed by atoms with van der Waals surface area (Å²) < 4.78 is 0. The van der Waals surface area contributed by atoms with Crippen LogP contribution in [0.3, 0.4) is 0 Å². The van der Waals surface area contributed by atoms with E-state index in [1.165, 1.54) is 16.3 Å². The molecule has 0 spiro atoms. The molecule has 0 aliphatic carbocycles. The fourth-order valence-electron chi connectivity index (χ4n) is 2.48. The first-order valence-electron chi connectivity index (χ1n) is 6.34. The van der Waals surface area contributed by atoms with Gasteiger partial charge in [0.05, 0.1) is 11.0 Å². The predicted molar refractivity (Wildman–Crippen MR) is 76.5 cm³/mol. The third kappa shape index (κ3) is 1.66. The summed E-state index contributed by atoms with van der Waals surface area (Å²) in [6, 6.07) is 16.5. The first-order valence-corrected chi connectivity index (χ1v) is 6.34. The summed E-state index contributed by atoms with van der Waals surface area (Å²) in [4.78, 5) is 4.70. The molecule has 0 bridgehead atoms. The summed E-state index contributed by atoms with van der Waals surface area (Å²) in [6.45, 7) is 2.12. The standard InChI is InChI=1S/C16H16N2/c1-2-13(17)16-11-7-3-5-9-14(11)18-15-10-6-4-8-12(15)16/h3-10,13H,2,17H2,1H3. The summed E-state index contributed by atoms with van der Waals surface area (Å²) in [5.74, 6) is 0. The van der Waals surface area contributed by atoms with Gasteiger partial charge in [-0.15, -0.1) is 0 Å². The molecule has 0 saturated heterocycles. The minimum absolute atomic E-state index is 0.0581. The summed E-state index contributed by atoms with van der Waals surface area (Å²) >= 11 is 0. The van der Waals surface area contributed by atoms with Crippen LogP contribution in [0.25, 0.3) is 21.8 Å². The van der Waals surface area contributed by atoms with Gasteiger partial charge in [-0.2, -0.15) is 0 Å². The molecule has 3 rings (SSSR count). The molecule has 1 unspecified atom stereocenters. The van der Waals surface area contributed by atoms with Gasteiger partial charge in [-0.1, -0.05) is 43.3 Å². The van der Waals surface area contributed by atoms with Crippen LogP contribution in [0.2, 0.25) is 0 Å². The summed E-state index contributed by atoms with van der Waals surface area (Å²) in [5, 5.41) is 2.34. The Morgan fingerprint density at radius 3 is 1.94 bits per heavy atom. The molecular weight excluding hydrogens is 220 g/mol. The maximum absolute atomic E-state index is 6.30. The Morgan fingerprint density at radius 1 is 0.944 bits per heavy atom. The highest BCUT2D eigenvalue weighted by molar-refractivity contribution is 5.97. The second-order valence-corrected chi connectivity index (χ2v) is 4.57. The van der Waals surface area contributed by atoms with E-state index < -0.39 is 0 Å². The molecule has 0 aliphatic rings. The molecule has 90 valence electrons. The molecule has 0 fully saturated rings. The first kappa shape index (κ1) is 11.2. The Labute approximate surface area is 106 Å². The van der Waals surface area contributed by atoms with Crippen molar-refractivity contribution in [2.45, 2.75) is 19.4 Å². The highest BCUT2D eigenvalue weighted by Crippen LogP contribution is 2.30. The van der Waals surface area contributed by atoms with Crippen molar-refractivity contribution in [3.63, 3.8) is 0 Å². The van der Waals surface area contributed by atoms with Gasteiger partial charge in [-0.25, -0.2) is 4.98 Å². The summed E-state index contributed by atoms with van der Waals surface area (Å²) in [5.41, 5.74) is 9.57. The molecule has 1 heterocycles. The molecule has 18 heavy (non-hydrogen) atoms. The average Bonchev–Trinajstić information content (AvgIpc) is 2.44. The lowest BCUT2D eigenvalue weighted by Gasteiger charge is -2.15. The maximum Gasteiger partial charge on any atom is 0.0713 e. The lowest BCUT2D eigenvalue weighted by atomic mass is 9.96. The molecule has 0 aliphatic heterocycles. The smallest absolute Gasteiger partial charge is 0.0713 e.